The van der Waals surface area contributed by atoms with Crippen LogP contribution in [0.4, 0.5) is 0 Å². The fourth-order valence-electron chi connectivity index (χ4n) is 0.802. The number of carbonyl (C=O) groups excluding carboxylic acids is 1. The average Bonchev–Trinajstić information content (AvgIpc) is 2.67. The van der Waals surface area contributed by atoms with Gasteiger partial charge in [0, 0.05) is 0 Å². The van der Waals surface area contributed by atoms with Gasteiger partial charge in [-0.05, 0) is 18.4 Å². The van der Waals surface area contributed by atoms with Gasteiger partial charge in [-0.25, -0.2) is 13.1 Å². The van der Waals surface area contributed by atoms with E-state index in [1.165, 1.54) is 18.3 Å². The molecule has 0 aromatic carbocycles. The first-order valence-electron chi connectivity index (χ1n) is 4.09. The third kappa shape index (κ3) is 3.21. The molecule has 0 unspecified atom stereocenters. The van der Waals surface area contributed by atoms with Gasteiger partial charge in [-0.15, -0.1) is 11.3 Å². The van der Waals surface area contributed by atoms with E-state index in [4.69, 9.17) is 0 Å². The molecule has 0 atom stereocenters. The van der Waals surface area contributed by atoms with E-state index in [0.29, 0.717) is 4.88 Å². The predicted octanol–water partition coefficient (Wildman–Crippen LogP) is 0.870. The van der Waals surface area contributed by atoms with Gasteiger partial charge in [0.25, 0.3) is 0 Å². The minimum absolute atomic E-state index is 0.00921. The van der Waals surface area contributed by atoms with Crippen LogP contribution < -0.4 is 4.72 Å². The maximum Gasteiger partial charge on any atom is 0.211 e. The Morgan fingerprint density at radius 1 is 1.57 bits per heavy atom. The van der Waals surface area contributed by atoms with Crippen molar-refractivity contribution >= 4 is 27.1 Å². The highest BCUT2D eigenvalue weighted by atomic mass is 32.2. The second-order valence-electron chi connectivity index (χ2n) is 2.63. The molecule has 0 radical (unpaired) electrons. The van der Waals surface area contributed by atoms with Gasteiger partial charge in [-0.1, -0.05) is 6.07 Å². The van der Waals surface area contributed by atoms with E-state index in [0.717, 1.165) is 0 Å². The third-order valence-electron chi connectivity index (χ3n) is 1.63. The molecule has 0 saturated heterocycles. The summed E-state index contributed by atoms with van der Waals surface area (Å²) in [6.07, 6.45) is 0. The molecular weight excluding hydrogens is 222 g/mol. The van der Waals surface area contributed by atoms with Crippen molar-refractivity contribution in [3.8, 4) is 0 Å². The molecule has 0 fully saturated rings. The summed E-state index contributed by atoms with van der Waals surface area (Å²) in [6, 6.07) is 3.43. The molecule has 1 rings (SSSR count). The molecule has 0 spiro atoms. The SMILES string of the molecule is CCS(=O)(=O)NCC(=O)c1cccs1. The van der Waals surface area contributed by atoms with Crippen molar-refractivity contribution in [3.63, 3.8) is 0 Å². The van der Waals surface area contributed by atoms with Gasteiger partial charge in [0.1, 0.15) is 0 Å². The van der Waals surface area contributed by atoms with Gasteiger partial charge in [0.05, 0.1) is 17.2 Å². The number of carbonyl (C=O) groups is 1. The molecule has 0 amide bonds. The smallest absolute Gasteiger partial charge is 0.211 e. The maximum atomic E-state index is 11.4. The lowest BCUT2D eigenvalue weighted by molar-refractivity contribution is 0.100. The van der Waals surface area contributed by atoms with E-state index in [1.807, 2.05) is 0 Å². The lowest BCUT2D eigenvalue weighted by Gasteiger charge is -2.01. The van der Waals surface area contributed by atoms with Gasteiger partial charge < -0.3 is 0 Å². The fourth-order valence-corrected chi connectivity index (χ4v) is 2.02. The Hall–Kier alpha value is -0.720. The second-order valence-corrected chi connectivity index (χ2v) is 5.67. The van der Waals surface area contributed by atoms with Gasteiger partial charge in [-0.3, -0.25) is 4.79 Å². The van der Waals surface area contributed by atoms with Crippen LogP contribution in [-0.4, -0.2) is 26.5 Å². The number of sulfonamides is 1. The number of ketones is 1. The monoisotopic (exact) mass is 233 g/mol. The topological polar surface area (TPSA) is 63.2 Å². The second kappa shape index (κ2) is 4.68. The first-order chi connectivity index (χ1) is 6.55. The fraction of sp³-hybridized carbons (Fsp3) is 0.375. The van der Waals surface area contributed by atoms with E-state index in [-0.39, 0.29) is 18.1 Å². The zero-order valence-electron chi connectivity index (χ0n) is 7.69. The Balaban J connectivity index is 2.52. The molecule has 1 N–H and O–H groups in total. The first-order valence-corrected chi connectivity index (χ1v) is 6.62. The van der Waals surface area contributed by atoms with Gasteiger partial charge in [0.15, 0.2) is 5.78 Å². The normalized spacial score (nSPS) is 11.5. The van der Waals surface area contributed by atoms with Gasteiger partial charge in [0.2, 0.25) is 10.0 Å². The number of hydrogen-bond donors (Lipinski definition) is 1. The lowest BCUT2D eigenvalue weighted by atomic mass is 10.3. The summed E-state index contributed by atoms with van der Waals surface area (Å²) in [6.45, 7) is 1.37. The molecule has 78 valence electrons. The van der Waals surface area contributed by atoms with Crippen LogP contribution in [0.2, 0.25) is 0 Å². The van der Waals surface area contributed by atoms with Crippen molar-refractivity contribution in [2.24, 2.45) is 0 Å². The van der Waals surface area contributed by atoms with E-state index < -0.39 is 10.0 Å². The van der Waals surface area contributed by atoms with Crippen LogP contribution >= 0.6 is 11.3 Å². The van der Waals surface area contributed by atoms with Crippen molar-refractivity contribution in [1.29, 1.82) is 0 Å². The maximum absolute atomic E-state index is 11.4. The summed E-state index contributed by atoms with van der Waals surface area (Å²) in [5.41, 5.74) is 0. The zero-order chi connectivity index (χ0) is 10.6. The molecule has 0 aliphatic rings. The van der Waals surface area contributed by atoms with Crippen LogP contribution in [0.3, 0.4) is 0 Å². The molecule has 4 nitrogen and oxygen atoms in total. The predicted molar refractivity (Wildman–Crippen MR) is 56.1 cm³/mol. The van der Waals surface area contributed by atoms with Crippen LogP contribution in [0, 0.1) is 0 Å². The minimum Gasteiger partial charge on any atom is -0.292 e. The number of hydrogen-bond acceptors (Lipinski definition) is 4. The summed E-state index contributed by atoms with van der Waals surface area (Å²) < 4.78 is 24.3. The summed E-state index contributed by atoms with van der Waals surface area (Å²) in [5, 5.41) is 1.78. The largest absolute Gasteiger partial charge is 0.292 e. The lowest BCUT2D eigenvalue weighted by Crippen LogP contribution is -2.30. The highest BCUT2D eigenvalue weighted by Crippen LogP contribution is 2.08. The van der Waals surface area contributed by atoms with Crippen LogP contribution in [0.5, 0.6) is 0 Å². The van der Waals surface area contributed by atoms with Gasteiger partial charge >= 0.3 is 0 Å². The Labute approximate surface area is 87.0 Å². The van der Waals surface area contributed by atoms with Gasteiger partial charge in [-0.2, -0.15) is 0 Å². The molecule has 0 saturated carbocycles. The average molecular weight is 233 g/mol. The summed E-state index contributed by atoms with van der Waals surface area (Å²) >= 11 is 1.30. The molecule has 0 bridgehead atoms. The summed E-state index contributed by atoms with van der Waals surface area (Å²) in [5.74, 6) is -0.206. The number of rotatable bonds is 5. The van der Waals surface area contributed by atoms with Crippen LogP contribution in [0.25, 0.3) is 0 Å². The highest BCUT2D eigenvalue weighted by Gasteiger charge is 2.11. The molecule has 1 aromatic heterocycles. The summed E-state index contributed by atoms with van der Waals surface area (Å²) in [4.78, 5) is 11.9. The highest BCUT2D eigenvalue weighted by molar-refractivity contribution is 7.89. The molecule has 0 aliphatic heterocycles. The van der Waals surface area contributed by atoms with Crippen molar-refractivity contribution in [1.82, 2.24) is 4.72 Å². The molecule has 0 aliphatic carbocycles. The van der Waals surface area contributed by atoms with Crippen LogP contribution in [-0.2, 0) is 10.0 Å². The van der Waals surface area contributed by atoms with Crippen molar-refractivity contribution < 1.29 is 13.2 Å². The van der Waals surface area contributed by atoms with Crippen LogP contribution in [0.15, 0.2) is 17.5 Å². The molecule has 14 heavy (non-hydrogen) atoms. The third-order valence-corrected chi connectivity index (χ3v) is 3.88. The van der Waals surface area contributed by atoms with Crippen molar-refractivity contribution in [2.45, 2.75) is 6.92 Å². The molecule has 1 heterocycles. The Bertz CT molecular complexity index is 394. The van der Waals surface area contributed by atoms with E-state index in [2.05, 4.69) is 4.72 Å². The van der Waals surface area contributed by atoms with E-state index in [9.17, 15) is 13.2 Å². The van der Waals surface area contributed by atoms with Crippen molar-refractivity contribution in [2.75, 3.05) is 12.3 Å². The first kappa shape index (κ1) is 11.4. The Kier molecular flexibility index (Phi) is 3.79. The standard InChI is InChI=1S/C8H11NO3S2/c1-2-14(11,12)9-6-7(10)8-4-3-5-13-8/h3-5,9H,2,6H2,1H3. The Morgan fingerprint density at radius 3 is 2.79 bits per heavy atom. The summed E-state index contributed by atoms with van der Waals surface area (Å²) in [7, 11) is -3.27. The Morgan fingerprint density at radius 2 is 2.29 bits per heavy atom. The zero-order valence-corrected chi connectivity index (χ0v) is 9.32. The molecule has 6 heteroatoms. The van der Waals surface area contributed by atoms with E-state index >= 15 is 0 Å². The number of nitrogens with one attached hydrogen (secondary N) is 1. The number of Topliss-reactive ketones (excluding diaryl/α,β-unsaturated/α-hetero) is 1. The van der Waals surface area contributed by atoms with Crippen molar-refractivity contribution in [3.05, 3.63) is 22.4 Å². The molecule has 1 aromatic rings. The van der Waals surface area contributed by atoms with Crippen LogP contribution in [0.1, 0.15) is 16.6 Å². The van der Waals surface area contributed by atoms with E-state index in [1.54, 1.807) is 17.5 Å². The minimum atomic E-state index is -3.27. The number of thiophene rings is 1. The molecular formula is C8H11NO3S2. The quantitative estimate of drug-likeness (QED) is 0.768.